The molecule has 1 saturated heterocycles. The molecule has 28 heavy (non-hydrogen) atoms. The minimum Gasteiger partial charge on any atom is -0.456 e. The van der Waals surface area contributed by atoms with Crippen molar-refractivity contribution in [2.45, 2.75) is 57.9 Å². The van der Waals surface area contributed by atoms with Crippen LogP contribution in [0.15, 0.2) is 18.2 Å². The second-order valence-corrected chi connectivity index (χ2v) is 8.09. The van der Waals surface area contributed by atoms with E-state index in [1.54, 1.807) is 6.07 Å². The van der Waals surface area contributed by atoms with Gasteiger partial charge in [-0.25, -0.2) is 4.79 Å². The number of likely N-dealkylation sites (tertiary alicyclic amines) is 1. The highest BCUT2D eigenvalue weighted by atomic mass is 16.5. The lowest BCUT2D eigenvalue weighted by Gasteiger charge is -2.21. The van der Waals surface area contributed by atoms with Crippen LogP contribution in [-0.2, 0) is 32.0 Å². The molecule has 1 heterocycles. The first-order valence-electron chi connectivity index (χ1n) is 10.2. The summed E-state index contributed by atoms with van der Waals surface area (Å²) in [5.41, 5.74) is 2.98. The first-order chi connectivity index (χ1) is 13.5. The normalized spacial score (nSPS) is 24.7. The Hall–Kier alpha value is -2.50. The molecule has 2 fully saturated rings. The monoisotopic (exact) mass is 383 g/mol. The molecular formula is C22H25NO5. The third kappa shape index (κ3) is 3.25. The summed E-state index contributed by atoms with van der Waals surface area (Å²) in [6.45, 7) is 1.11. The average molecular weight is 383 g/mol. The summed E-state index contributed by atoms with van der Waals surface area (Å²) in [4.78, 5) is 51.1. The number of Topliss-reactive ketones (excluding diaryl/α,β-unsaturated/α-hetero) is 1. The maximum absolute atomic E-state index is 12.6. The fraction of sp³-hybridized carbons (Fsp3) is 0.545. The minimum atomic E-state index is -1.00. The summed E-state index contributed by atoms with van der Waals surface area (Å²) >= 11 is 0. The molecule has 2 aliphatic carbocycles. The number of hydrogen-bond donors (Lipinski definition) is 0. The van der Waals surface area contributed by atoms with Crippen molar-refractivity contribution in [3.05, 3.63) is 34.9 Å². The van der Waals surface area contributed by atoms with Crippen molar-refractivity contribution in [1.29, 1.82) is 0 Å². The van der Waals surface area contributed by atoms with Gasteiger partial charge in [0.15, 0.2) is 12.4 Å². The van der Waals surface area contributed by atoms with Gasteiger partial charge >= 0.3 is 5.97 Å². The number of ketones is 1. The fourth-order valence-corrected chi connectivity index (χ4v) is 4.76. The van der Waals surface area contributed by atoms with Crippen molar-refractivity contribution in [1.82, 2.24) is 4.90 Å². The number of imide groups is 1. The van der Waals surface area contributed by atoms with Crippen LogP contribution in [0.3, 0.4) is 0 Å². The lowest BCUT2D eigenvalue weighted by atomic mass is 9.81. The van der Waals surface area contributed by atoms with Gasteiger partial charge in [0.05, 0.1) is 11.8 Å². The van der Waals surface area contributed by atoms with Crippen LogP contribution in [0, 0.1) is 11.8 Å². The Morgan fingerprint density at radius 3 is 2.36 bits per heavy atom. The molecule has 1 aromatic rings. The lowest BCUT2D eigenvalue weighted by Crippen LogP contribution is -2.44. The van der Waals surface area contributed by atoms with Crippen LogP contribution in [0.4, 0.5) is 0 Å². The summed E-state index contributed by atoms with van der Waals surface area (Å²) in [5.74, 6) is -2.14. The van der Waals surface area contributed by atoms with Crippen LogP contribution in [0.25, 0.3) is 0 Å². The average Bonchev–Trinajstić information content (AvgIpc) is 3.28. The first kappa shape index (κ1) is 18.8. The van der Waals surface area contributed by atoms with Crippen LogP contribution < -0.4 is 0 Å². The standard InChI is InChI=1S/C22H25NO5/c1-13(23-20(25)17-7-2-3-8-18(17)21(23)26)22(27)28-12-19(24)16-10-9-14-5-4-6-15(14)11-16/h9-11,13,17-18H,2-8,12H2,1H3/t13-,17-,18-/m0/s1. The van der Waals surface area contributed by atoms with E-state index in [0.717, 1.165) is 37.0 Å². The zero-order valence-electron chi connectivity index (χ0n) is 16.1. The number of carbonyl (C=O) groups is 4. The smallest absolute Gasteiger partial charge is 0.329 e. The summed E-state index contributed by atoms with van der Waals surface area (Å²) < 4.78 is 5.17. The van der Waals surface area contributed by atoms with Crippen molar-refractivity contribution >= 4 is 23.6 Å². The van der Waals surface area contributed by atoms with E-state index < -0.39 is 12.0 Å². The molecule has 148 valence electrons. The number of rotatable bonds is 5. The second kappa shape index (κ2) is 7.49. The molecule has 0 unspecified atom stereocenters. The lowest BCUT2D eigenvalue weighted by molar-refractivity contribution is -0.157. The minimum absolute atomic E-state index is 0.274. The van der Waals surface area contributed by atoms with Crippen LogP contribution in [0.5, 0.6) is 0 Å². The number of carbonyl (C=O) groups excluding carboxylic acids is 4. The third-order valence-electron chi connectivity index (χ3n) is 6.37. The van der Waals surface area contributed by atoms with E-state index in [-0.39, 0.29) is 36.0 Å². The first-order valence-corrected chi connectivity index (χ1v) is 10.2. The Bertz CT molecular complexity index is 821. The van der Waals surface area contributed by atoms with Crippen molar-refractivity contribution in [2.24, 2.45) is 11.8 Å². The number of ether oxygens (including phenoxy) is 1. The molecule has 0 radical (unpaired) electrons. The number of aryl methyl sites for hydroxylation is 2. The van der Waals surface area contributed by atoms with E-state index in [1.807, 2.05) is 12.1 Å². The molecule has 6 heteroatoms. The second-order valence-electron chi connectivity index (χ2n) is 8.09. The van der Waals surface area contributed by atoms with E-state index in [2.05, 4.69) is 0 Å². The van der Waals surface area contributed by atoms with Gasteiger partial charge in [0.1, 0.15) is 6.04 Å². The predicted octanol–water partition coefficient (Wildman–Crippen LogP) is 2.46. The molecule has 0 spiro atoms. The van der Waals surface area contributed by atoms with Gasteiger partial charge in [-0.2, -0.15) is 0 Å². The van der Waals surface area contributed by atoms with Gasteiger partial charge in [-0.1, -0.05) is 25.0 Å². The quantitative estimate of drug-likeness (QED) is 0.443. The molecule has 6 nitrogen and oxygen atoms in total. The SMILES string of the molecule is C[C@@H](C(=O)OCC(=O)c1ccc2c(c1)CCC2)N1C(=O)[C@H]2CCCC[C@@H]2C1=O. The molecule has 1 aliphatic heterocycles. The Kier molecular flexibility index (Phi) is 5.04. The summed E-state index contributed by atoms with van der Waals surface area (Å²) in [6, 6.07) is 4.60. The van der Waals surface area contributed by atoms with Crippen LogP contribution in [0.1, 0.15) is 60.5 Å². The Morgan fingerprint density at radius 1 is 1.04 bits per heavy atom. The molecule has 2 amide bonds. The van der Waals surface area contributed by atoms with Crippen molar-refractivity contribution in [3.63, 3.8) is 0 Å². The van der Waals surface area contributed by atoms with Crippen molar-refractivity contribution in [2.75, 3.05) is 6.61 Å². The number of fused-ring (bicyclic) bond motifs is 2. The molecule has 3 aliphatic rings. The van der Waals surface area contributed by atoms with Crippen LogP contribution >= 0.6 is 0 Å². The number of benzene rings is 1. The van der Waals surface area contributed by atoms with Gasteiger partial charge in [0, 0.05) is 5.56 Å². The van der Waals surface area contributed by atoms with Crippen molar-refractivity contribution < 1.29 is 23.9 Å². The largest absolute Gasteiger partial charge is 0.456 e. The third-order valence-corrected chi connectivity index (χ3v) is 6.37. The predicted molar refractivity (Wildman–Crippen MR) is 101 cm³/mol. The molecular weight excluding hydrogens is 358 g/mol. The summed E-state index contributed by atoms with van der Waals surface area (Å²) in [6.07, 6.45) is 6.36. The van der Waals surface area contributed by atoms with Crippen LogP contribution in [0.2, 0.25) is 0 Å². The van der Waals surface area contributed by atoms with Gasteiger partial charge in [0.2, 0.25) is 11.8 Å². The van der Waals surface area contributed by atoms with Crippen molar-refractivity contribution in [3.8, 4) is 0 Å². The summed E-state index contributed by atoms with van der Waals surface area (Å²) in [7, 11) is 0. The fourth-order valence-electron chi connectivity index (χ4n) is 4.76. The van der Waals surface area contributed by atoms with Gasteiger partial charge in [0.25, 0.3) is 0 Å². The molecule has 0 bridgehead atoms. The molecule has 0 N–H and O–H groups in total. The number of amides is 2. The van der Waals surface area contributed by atoms with Gasteiger partial charge < -0.3 is 4.74 Å². The van der Waals surface area contributed by atoms with Gasteiger partial charge in [-0.05, 0) is 56.2 Å². The Labute approximate surface area is 164 Å². The van der Waals surface area contributed by atoms with Crippen LogP contribution in [-0.4, -0.2) is 41.1 Å². The van der Waals surface area contributed by atoms with E-state index in [9.17, 15) is 19.2 Å². The van der Waals surface area contributed by atoms with E-state index >= 15 is 0 Å². The van der Waals surface area contributed by atoms with Gasteiger partial charge in [-0.15, -0.1) is 0 Å². The number of hydrogen-bond acceptors (Lipinski definition) is 5. The molecule has 4 rings (SSSR count). The molecule has 1 saturated carbocycles. The maximum atomic E-state index is 12.6. The molecule has 1 aromatic carbocycles. The highest BCUT2D eigenvalue weighted by molar-refractivity contribution is 6.08. The van der Waals surface area contributed by atoms with E-state index in [1.165, 1.54) is 18.1 Å². The highest BCUT2D eigenvalue weighted by Gasteiger charge is 2.51. The summed E-state index contributed by atoms with van der Waals surface area (Å²) in [5, 5.41) is 0. The van der Waals surface area contributed by atoms with E-state index in [4.69, 9.17) is 4.74 Å². The number of esters is 1. The topological polar surface area (TPSA) is 80.8 Å². The number of nitrogens with zero attached hydrogens (tertiary/aromatic N) is 1. The zero-order valence-corrected chi connectivity index (χ0v) is 16.1. The zero-order chi connectivity index (χ0) is 19.8. The molecule has 0 aromatic heterocycles. The van der Waals surface area contributed by atoms with Gasteiger partial charge in [-0.3, -0.25) is 19.3 Å². The Morgan fingerprint density at radius 2 is 1.68 bits per heavy atom. The Balaban J connectivity index is 1.37. The molecule has 3 atom stereocenters. The van der Waals surface area contributed by atoms with E-state index in [0.29, 0.717) is 18.4 Å². The highest BCUT2D eigenvalue weighted by Crippen LogP contribution is 2.38. The maximum Gasteiger partial charge on any atom is 0.329 e.